The van der Waals surface area contributed by atoms with Crippen molar-refractivity contribution in [3.63, 3.8) is 0 Å². The minimum atomic E-state index is -0.470. The van der Waals surface area contributed by atoms with E-state index in [0.717, 1.165) is 16.7 Å². The fourth-order valence-corrected chi connectivity index (χ4v) is 3.58. The highest BCUT2D eigenvalue weighted by Gasteiger charge is 2.24. The van der Waals surface area contributed by atoms with Crippen molar-refractivity contribution in [3.8, 4) is 0 Å². The van der Waals surface area contributed by atoms with Crippen molar-refractivity contribution in [1.82, 2.24) is 4.90 Å². The molecule has 0 heterocycles. The number of anilines is 1. The van der Waals surface area contributed by atoms with Crippen molar-refractivity contribution < 1.29 is 9.72 Å². The van der Waals surface area contributed by atoms with Crippen molar-refractivity contribution in [2.45, 2.75) is 19.9 Å². The lowest BCUT2D eigenvalue weighted by Crippen LogP contribution is -2.34. The summed E-state index contributed by atoms with van der Waals surface area (Å²) in [4.78, 5) is 25.7. The third-order valence-electron chi connectivity index (χ3n) is 5.24. The van der Waals surface area contributed by atoms with E-state index in [-0.39, 0.29) is 29.9 Å². The Hall–Kier alpha value is -3.51. The Labute approximate surface area is 176 Å². The number of aryl methyl sites for hydroxylation is 1. The van der Waals surface area contributed by atoms with Crippen LogP contribution in [0.1, 0.15) is 28.3 Å². The maximum absolute atomic E-state index is 12.9. The zero-order valence-corrected chi connectivity index (χ0v) is 17.3. The highest BCUT2D eigenvalue weighted by molar-refractivity contribution is 5.95. The van der Waals surface area contributed by atoms with E-state index in [0.29, 0.717) is 5.56 Å². The molecule has 0 fully saturated rings. The lowest BCUT2D eigenvalue weighted by atomic mass is 9.97. The van der Waals surface area contributed by atoms with Crippen LogP contribution in [0.5, 0.6) is 0 Å². The number of nitrogens with one attached hydrogen (secondary N) is 1. The van der Waals surface area contributed by atoms with Crippen LogP contribution >= 0.6 is 0 Å². The van der Waals surface area contributed by atoms with Gasteiger partial charge in [-0.1, -0.05) is 66.7 Å². The summed E-state index contributed by atoms with van der Waals surface area (Å²) in [7, 11) is 1.88. The van der Waals surface area contributed by atoms with Crippen LogP contribution < -0.4 is 5.32 Å². The Bertz CT molecular complexity index is 997. The van der Waals surface area contributed by atoms with Gasteiger partial charge in [0.15, 0.2) is 0 Å². The predicted molar refractivity (Wildman–Crippen MR) is 119 cm³/mol. The zero-order chi connectivity index (χ0) is 21.7. The number of likely N-dealkylation sites (N-methyl/N-ethyl adjacent to an activating group) is 1. The molecule has 30 heavy (non-hydrogen) atoms. The second-order valence-electron chi connectivity index (χ2n) is 7.35. The summed E-state index contributed by atoms with van der Waals surface area (Å²) in [5.41, 5.74) is 3.87. The molecule has 3 rings (SSSR count). The SMILES string of the molecule is Cc1ccc([N+](=O)[O-])c(NC(=O)CN(C)C(c2ccccc2)c2ccccc2)c1C. The van der Waals surface area contributed by atoms with E-state index in [1.54, 1.807) is 13.0 Å². The van der Waals surface area contributed by atoms with Gasteiger partial charge in [-0.05, 0) is 43.1 Å². The molecule has 0 aliphatic heterocycles. The topological polar surface area (TPSA) is 75.5 Å². The molecule has 0 bridgehead atoms. The summed E-state index contributed by atoms with van der Waals surface area (Å²) in [5.74, 6) is -0.300. The third kappa shape index (κ3) is 4.72. The molecule has 0 saturated carbocycles. The molecular weight excluding hydrogens is 378 g/mol. The molecule has 154 valence electrons. The van der Waals surface area contributed by atoms with Gasteiger partial charge in [-0.25, -0.2) is 0 Å². The summed E-state index contributed by atoms with van der Waals surface area (Å²) in [6, 6.07) is 22.9. The van der Waals surface area contributed by atoms with Crippen LogP contribution in [-0.4, -0.2) is 29.3 Å². The molecule has 3 aromatic carbocycles. The van der Waals surface area contributed by atoms with Crippen LogP contribution in [0.25, 0.3) is 0 Å². The largest absolute Gasteiger partial charge is 0.319 e. The second-order valence-corrected chi connectivity index (χ2v) is 7.35. The first-order chi connectivity index (χ1) is 14.4. The Kier molecular flexibility index (Phi) is 6.59. The maximum atomic E-state index is 12.9. The number of rotatable bonds is 7. The quantitative estimate of drug-likeness (QED) is 0.451. The molecular formula is C24H25N3O3. The number of nitrogens with zero attached hydrogens (tertiary/aromatic N) is 2. The molecule has 0 unspecified atom stereocenters. The van der Waals surface area contributed by atoms with Gasteiger partial charge in [0.2, 0.25) is 5.91 Å². The van der Waals surface area contributed by atoms with Gasteiger partial charge < -0.3 is 5.32 Å². The molecule has 0 atom stereocenters. The maximum Gasteiger partial charge on any atom is 0.293 e. The van der Waals surface area contributed by atoms with Crippen LogP contribution in [-0.2, 0) is 4.79 Å². The number of nitro benzene ring substituents is 1. The van der Waals surface area contributed by atoms with Crippen molar-refractivity contribution in [3.05, 3.63) is 105 Å². The molecule has 0 aliphatic rings. The number of amides is 1. The normalized spacial score (nSPS) is 11.0. The van der Waals surface area contributed by atoms with Gasteiger partial charge in [0.1, 0.15) is 5.69 Å². The summed E-state index contributed by atoms with van der Waals surface area (Å²) < 4.78 is 0. The van der Waals surface area contributed by atoms with Gasteiger partial charge in [0.05, 0.1) is 17.5 Å². The molecule has 3 aromatic rings. The molecule has 0 radical (unpaired) electrons. The van der Waals surface area contributed by atoms with Crippen molar-refractivity contribution in [1.29, 1.82) is 0 Å². The molecule has 0 aromatic heterocycles. The number of benzene rings is 3. The molecule has 0 spiro atoms. The first kappa shape index (κ1) is 21.2. The van der Waals surface area contributed by atoms with Gasteiger partial charge in [-0.2, -0.15) is 0 Å². The highest BCUT2D eigenvalue weighted by Crippen LogP contribution is 2.31. The van der Waals surface area contributed by atoms with Gasteiger partial charge >= 0.3 is 0 Å². The zero-order valence-electron chi connectivity index (χ0n) is 17.3. The number of nitro groups is 1. The second kappa shape index (κ2) is 9.33. The minimum Gasteiger partial charge on any atom is -0.319 e. The van der Waals surface area contributed by atoms with Crippen LogP contribution in [0.2, 0.25) is 0 Å². The van der Waals surface area contributed by atoms with Gasteiger partial charge in [0.25, 0.3) is 5.69 Å². The van der Waals surface area contributed by atoms with E-state index < -0.39 is 4.92 Å². The lowest BCUT2D eigenvalue weighted by Gasteiger charge is -2.28. The highest BCUT2D eigenvalue weighted by atomic mass is 16.6. The Morgan fingerprint density at radius 1 is 0.967 bits per heavy atom. The van der Waals surface area contributed by atoms with Crippen LogP contribution in [0.4, 0.5) is 11.4 Å². The Balaban J connectivity index is 1.85. The van der Waals surface area contributed by atoms with E-state index in [1.165, 1.54) is 6.07 Å². The van der Waals surface area contributed by atoms with Crippen LogP contribution in [0, 0.1) is 24.0 Å². The van der Waals surface area contributed by atoms with E-state index in [9.17, 15) is 14.9 Å². The predicted octanol–water partition coefficient (Wildman–Crippen LogP) is 4.87. The number of carbonyl (C=O) groups excluding carboxylic acids is 1. The van der Waals surface area contributed by atoms with Crippen molar-refractivity contribution >= 4 is 17.3 Å². The first-order valence-electron chi connectivity index (χ1n) is 9.73. The molecule has 6 heteroatoms. The molecule has 6 nitrogen and oxygen atoms in total. The van der Waals surface area contributed by atoms with Gasteiger partial charge in [-0.15, -0.1) is 0 Å². The monoisotopic (exact) mass is 403 g/mol. The molecule has 1 N–H and O–H groups in total. The van der Waals surface area contributed by atoms with E-state index in [2.05, 4.69) is 5.32 Å². The minimum absolute atomic E-state index is 0.0823. The fraction of sp³-hybridized carbons (Fsp3) is 0.208. The first-order valence-corrected chi connectivity index (χ1v) is 9.73. The number of carbonyl (C=O) groups is 1. The third-order valence-corrected chi connectivity index (χ3v) is 5.24. The molecule has 0 aliphatic carbocycles. The summed E-state index contributed by atoms with van der Waals surface area (Å²) in [6.45, 7) is 3.72. The smallest absolute Gasteiger partial charge is 0.293 e. The summed E-state index contributed by atoms with van der Waals surface area (Å²) in [6.07, 6.45) is 0. The van der Waals surface area contributed by atoms with E-state index in [4.69, 9.17) is 0 Å². The fourth-order valence-electron chi connectivity index (χ4n) is 3.58. The van der Waals surface area contributed by atoms with Crippen molar-refractivity contribution in [2.24, 2.45) is 0 Å². The number of hydrogen-bond acceptors (Lipinski definition) is 4. The van der Waals surface area contributed by atoms with Crippen molar-refractivity contribution in [2.75, 3.05) is 18.9 Å². The standard InChI is InChI=1S/C24H25N3O3/c1-17-14-15-21(27(29)30)23(18(17)2)25-22(28)16-26(3)24(19-10-6-4-7-11-19)20-12-8-5-9-13-20/h4-15,24H,16H2,1-3H3,(H,25,28). The van der Waals surface area contributed by atoms with Gasteiger partial charge in [-0.3, -0.25) is 19.8 Å². The lowest BCUT2D eigenvalue weighted by molar-refractivity contribution is -0.384. The molecule has 0 saturated heterocycles. The average molecular weight is 403 g/mol. The average Bonchev–Trinajstić information content (AvgIpc) is 2.73. The van der Waals surface area contributed by atoms with E-state index >= 15 is 0 Å². The Morgan fingerprint density at radius 2 is 1.50 bits per heavy atom. The molecule has 1 amide bonds. The van der Waals surface area contributed by atoms with Gasteiger partial charge in [0, 0.05) is 6.07 Å². The Morgan fingerprint density at radius 3 is 2.00 bits per heavy atom. The summed E-state index contributed by atoms with van der Waals surface area (Å²) >= 11 is 0. The van der Waals surface area contributed by atoms with Crippen LogP contribution in [0.15, 0.2) is 72.8 Å². The van der Waals surface area contributed by atoms with Crippen LogP contribution in [0.3, 0.4) is 0 Å². The van der Waals surface area contributed by atoms with E-state index in [1.807, 2.05) is 79.5 Å². The summed E-state index contributed by atoms with van der Waals surface area (Å²) in [5, 5.41) is 14.2. The number of hydrogen-bond donors (Lipinski definition) is 1.